The van der Waals surface area contributed by atoms with E-state index in [1.54, 1.807) is 12.1 Å². The maximum Gasteiger partial charge on any atom is 0.210 e. The lowest BCUT2D eigenvalue weighted by molar-refractivity contribution is 0.430. The molecule has 0 fully saturated rings. The van der Waals surface area contributed by atoms with Gasteiger partial charge in [-0.3, -0.25) is 0 Å². The fourth-order valence-corrected chi connectivity index (χ4v) is 10.9. The summed E-state index contributed by atoms with van der Waals surface area (Å²) in [6, 6.07) is 13.8. The van der Waals surface area contributed by atoms with Gasteiger partial charge in [0.25, 0.3) is 0 Å². The number of benzene rings is 3. The second-order valence-electron chi connectivity index (χ2n) is 13.7. The summed E-state index contributed by atoms with van der Waals surface area (Å²) in [4.78, 5) is 2.97. The molecule has 2 N–H and O–H groups in total. The van der Waals surface area contributed by atoms with Crippen molar-refractivity contribution in [2.24, 2.45) is 5.73 Å². The average Bonchev–Trinajstić information content (AvgIpc) is 3.07. The van der Waals surface area contributed by atoms with Crippen LogP contribution in [0.15, 0.2) is 47.4 Å². The summed E-state index contributed by atoms with van der Waals surface area (Å²) in [5.74, 6) is 1.87. The summed E-state index contributed by atoms with van der Waals surface area (Å²) < 4.78 is 39.5. The van der Waals surface area contributed by atoms with Crippen LogP contribution in [0.3, 0.4) is 0 Å². The Bertz CT molecular complexity index is 1880. The van der Waals surface area contributed by atoms with E-state index in [0.717, 1.165) is 131 Å². The Morgan fingerprint density at radius 1 is 0.822 bits per heavy atom. The first-order valence-electron chi connectivity index (χ1n) is 17.5. The fourth-order valence-electron chi connectivity index (χ4n) is 8.95. The van der Waals surface area contributed by atoms with Crippen LogP contribution in [0.1, 0.15) is 85.6 Å². The predicted octanol–water partition coefficient (Wildman–Crippen LogP) is 4.83. The van der Waals surface area contributed by atoms with Crippen LogP contribution in [0.4, 0.5) is 5.69 Å². The van der Waals surface area contributed by atoms with E-state index >= 15 is 0 Å². The van der Waals surface area contributed by atoms with Crippen LogP contribution in [-0.4, -0.2) is 46.4 Å². The zero-order valence-corrected chi connectivity index (χ0v) is 27.3. The van der Waals surface area contributed by atoms with Gasteiger partial charge in [-0.15, -0.1) is 0 Å². The summed E-state index contributed by atoms with van der Waals surface area (Å²) in [6.45, 7) is 5.04. The summed E-state index contributed by atoms with van der Waals surface area (Å²) in [5, 5.41) is 1.75. The Balaban J connectivity index is 1.43. The summed E-state index contributed by atoms with van der Waals surface area (Å²) in [5.41, 5.74) is 14.5. The van der Waals surface area contributed by atoms with Crippen molar-refractivity contribution in [3.05, 3.63) is 80.9 Å². The largest absolute Gasteiger partial charge is 0.455 e. The smallest absolute Gasteiger partial charge is 0.210 e. The number of aryl methyl sites for hydroxylation is 2. The summed E-state index contributed by atoms with van der Waals surface area (Å²) in [7, 11) is -3.69. The third kappa shape index (κ3) is 4.93. The van der Waals surface area contributed by atoms with Gasteiger partial charge in [0, 0.05) is 53.5 Å². The molecule has 45 heavy (non-hydrogen) atoms. The van der Waals surface area contributed by atoms with E-state index in [1.807, 2.05) is 18.2 Å². The van der Waals surface area contributed by atoms with Gasteiger partial charge in [-0.1, -0.05) is 37.5 Å². The number of hydrogen-bond donors (Lipinski definition) is 1. The third-order valence-electron chi connectivity index (χ3n) is 10.9. The molecule has 0 saturated carbocycles. The zero-order chi connectivity index (χ0) is 30.5. The number of ether oxygens (including phenoxy) is 1. The lowest BCUT2D eigenvalue weighted by Gasteiger charge is -2.40. The normalized spacial score (nSPS) is 18.8. The number of fused-ring (bicyclic) bond motifs is 4. The molecule has 3 aromatic carbocycles. The highest BCUT2D eigenvalue weighted by Crippen LogP contribution is 2.49. The molecule has 3 aromatic rings. The molecule has 0 aromatic heterocycles. The highest BCUT2D eigenvalue weighted by atomic mass is 32.2. The van der Waals surface area contributed by atoms with Gasteiger partial charge < -0.3 is 15.4 Å². The molecule has 0 amide bonds. The summed E-state index contributed by atoms with van der Waals surface area (Å²) in [6.07, 6.45) is 12.9. The molecule has 6 nitrogen and oxygen atoms in total. The van der Waals surface area contributed by atoms with Crippen molar-refractivity contribution in [1.82, 2.24) is 4.58 Å². The van der Waals surface area contributed by atoms with Crippen LogP contribution < -0.4 is 30.5 Å². The maximum atomic E-state index is 14.9. The van der Waals surface area contributed by atoms with Crippen LogP contribution in [0.5, 0.6) is 11.5 Å². The number of sulfone groups is 1. The van der Waals surface area contributed by atoms with Crippen molar-refractivity contribution in [2.45, 2.75) is 93.6 Å². The number of hydrogen-bond acceptors (Lipinski definition) is 5. The summed E-state index contributed by atoms with van der Waals surface area (Å²) >= 11 is 0. The lowest BCUT2D eigenvalue weighted by atomic mass is 9.83. The Morgan fingerprint density at radius 3 is 2.38 bits per heavy atom. The van der Waals surface area contributed by atoms with Crippen molar-refractivity contribution in [3.63, 3.8) is 0 Å². The van der Waals surface area contributed by atoms with Gasteiger partial charge in [0.1, 0.15) is 24.6 Å². The van der Waals surface area contributed by atoms with Gasteiger partial charge in [-0.2, -0.15) is 0 Å². The first-order chi connectivity index (χ1) is 22.1. The SMILES string of the molecule is NCCCCCCC(C1=c2cc3c4c(c2Oc2c1cc1c5c2CCCN5CCC1)CCC[N+]=4CCC3)S(=O)(=O)c1ccccc1. The second kappa shape index (κ2) is 11.9. The monoisotopic (exact) mass is 624 g/mol. The van der Waals surface area contributed by atoms with E-state index in [0.29, 0.717) is 17.9 Å². The van der Waals surface area contributed by atoms with Gasteiger partial charge in [-0.25, -0.2) is 13.0 Å². The van der Waals surface area contributed by atoms with Gasteiger partial charge in [0.15, 0.2) is 9.84 Å². The lowest BCUT2D eigenvalue weighted by Crippen LogP contribution is -2.45. The van der Waals surface area contributed by atoms with Crippen LogP contribution in [0.25, 0.3) is 5.57 Å². The van der Waals surface area contributed by atoms with Gasteiger partial charge in [0.05, 0.1) is 15.7 Å². The van der Waals surface area contributed by atoms with Crippen molar-refractivity contribution >= 4 is 21.1 Å². The minimum Gasteiger partial charge on any atom is -0.455 e. The second-order valence-corrected chi connectivity index (χ2v) is 15.9. The molecule has 0 saturated heterocycles. The Kier molecular flexibility index (Phi) is 7.73. The van der Waals surface area contributed by atoms with Crippen molar-refractivity contribution < 1.29 is 13.2 Å². The molecule has 0 radical (unpaired) electrons. The minimum atomic E-state index is -3.69. The number of nitrogens with zero attached hydrogens (tertiary/aromatic N) is 2. The van der Waals surface area contributed by atoms with Crippen LogP contribution in [0.2, 0.25) is 0 Å². The maximum absolute atomic E-state index is 14.9. The molecular formula is C38H46N3O3S+. The Hall–Kier alpha value is -3.16. The third-order valence-corrected chi connectivity index (χ3v) is 13.1. The standard InChI is InChI=1S/C38H46N3O3S/c39-19-7-2-1-6-18-33(45(42,43)28-14-4-3-5-15-28)34-31-24-26-12-8-20-40-22-10-16-29(35(26)40)37(31)44-38-30-17-11-23-41-21-9-13-27(36(30)41)25-32(34)38/h3-5,14-15,24-25,33H,1-2,6-13,16-23,39H2/q+1. The number of rotatable bonds is 9. The zero-order valence-electron chi connectivity index (χ0n) is 26.5. The molecule has 0 spiro atoms. The average molecular weight is 625 g/mol. The van der Waals surface area contributed by atoms with E-state index in [1.165, 1.54) is 33.3 Å². The van der Waals surface area contributed by atoms with Crippen LogP contribution in [-0.2, 0) is 35.5 Å². The van der Waals surface area contributed by atoms with Crippen molar-refractivity contribution in [1.29, 1.82) is 0 Å². The van der Waals surface area contributed by atoms with E-state index in [-0.39, 0.29) is 0 Å². The molecule has 5 aliphatic heterocycles. The first-order valence-corrected chi connectivity index (χ1v) is 19.0. The highest BCUT2D eigenvalue weighted by molar-refractivity contribution is 7.92. The van der Waals surface area contributed by atoms with Crippen LogP contribution >= 0.6 is 0 Å². The molecule has 8 rings (SSSR count). The van der Waals surface area contributed by atoms with Crippen LogP contribution in [0, 0.1) is 0 Å². The molecule has 5 heterocycles. The quantitative estimate of drug-likeness (QED) is 0.273. The van der Waals surface area contributed by atoms with Gasteiger partial charge >= 0.3 is 0 Å². The molecule has 0 bridgehead atoms. The highest BCUT2D eigenvalue weighted by Gasteiger charge is 2.40. The van der Waals surface area contributed by atoms with Crippen molar-refractivity contribution in [3.8, 4) is 11.5 Å². The minimum absolute atomic E-state index is 0.412. The molecular weight excluding hydrogens is 579 g/mol. The van der Waals surface area contributed by atoms with E-state index in [9.17, 15) is 8.42 Å². The Labute approximate surface area is 267 Å². The number of nitrogens with two attached hydrogens (primary N) is 1. The molecule has 1 atom stereocenters. The van der Waals surface area contributed by atoms with E-state index in [4.69, 9.17) is 10.5 Å². The molecule has 1 unspecified atom stereocenters. The van der Waals surface area contributed by atoms with Gasteiger partial charge in [0.2, 0.25) is 5.36 Å². The van der Waals surface area contributed by atoms with E-state index < -0.39 is 15.1 Å². The predicted molar refractivity (Wildman–Crippen MR) is 181 cm³/mol. The number of anilines is 1. The van der Waals surface area contributed by atoms with Crippen molar-refractivity contribution in [2.75, 3.05) is 37.6 Å². The molecule has 236 valence electrons. The molecule has 0 aliphatic carbocycles. The topological polar surface area (TPSA) is 75.6 Å². The first kappa shape index (κ1) is 29.3. The van der Waals surface area contributed by atoms with Gasteiger partial charge in [-0.05, 0) is 93.3 Å². The van der Waals surface area contributed by atoms with E-state index in [2.05, 4.69) is 21.6 Å². The fraction of sp³-hybridized carbons (Fsp3) is 0.500. The Morgan fingerprint density at radius 2 is 1.56 bits per heavy atom. The number of unbranched alkanes of at least 4 members (excludes halogenated alkanes) is 3. The molecule has 7 heteroatoms. The molecule has 5 aliphatic rings.